The summed E-state index contributed by atoms with van der Waals surface area (Å²) in [7, 11) is 0. The Morgan fingerprint density at radius 1 is 1.09 bits per heavy atom. The molecule has 5 nitrogen and oxygen atoms in total. The first-order valence-electron chi connectivity index (χ1n) is 7.49. The molecule has 0 saturated heterocycles. The smallest absolute Gasteiger partial charge is 0.303 e. The normalized spacial score (nSPS) is 10.4. The van der Waals surface area contributed by atoms with Crippen molar-refractivity contribution < 1.29 is 14.7 Å². The molecule has 0 unspecified atom stereocenters. The molecule has 0 heterocycles. The van der Waals surface area contributed by atoms with Crippen LogP contribution in [0.2, 0.25) is 0 Å². The number of carbonyl (C=O) groups is 2. The third-order valence-electron chi connectivity index (χ3n) is 2.96. The summed E-state index contributed by atoms with van der Waals surface area (Å²) in [6.45, 7) is 1.65. The van der Waals surface area contributed by atoms with Crippen LogP contribution in [0.1, 0.15) is 24.8 Å². The number of benzene rings is 1. The van der Waals surface area contributed by atoms with Crippen molar-refractivity contribution >= 4 is 23.6 Å². The van der Waals surface area contributed by atoms with Crippen LogP contribution >= 0.6 is 11.8 Å². The lowest BCUT2D eigenvalue weighted by molar-refractivity contribution is -0.137. The van der Waals surface area contributed by atoms with E-state index in [9.17, 15) is 9.59 Å². The molecule has 0 bridgehead atoms. The second-order valence-electron chi connectivity index (χ2n) is 4.90. The van der Waals surface area contributed by atoms with Gasteiger partial charge in [0.05, 0.1) is 6.54 Å². The molecule has 1 rings (SSSR count). The number of thioether (sulfide) groups is 1. The van der Waals surface area contributed by atoms with Crippen molar-refractivity contribution in [2.45, 2.75) is 25.8 Å². The summed E-state index contributed by atoms with van der Waals surface area (Å²) in [5, 5.41) is 14.5. The molecule has 1 amide bonds. The van der Waals surface area contributed by atoms with Crippen molar-refractivity contribution in [2.75, 3.05) is 24.6 Å². The van der Waals surface area contributed by atoms with Crippen molar-refractivity contribution in [1.29, 1.82) is 0 Å². The molecule has 3 N–H and O–H groups in total. The van der Waals surface area contributed by atoms with E-state index >= 15 is 0 Å². The van der Waals surface area contributed by atoms with E-state index in [0.29, 0.717) is 19.6 Å². The summed E-state index contributed by atoms with van der Waals surface area (Å²) in [6, 6.07) is 9.96. The molecule has 22 heavy (non-hydrogen) atoms. The average molecular weight is 324 g/mol. The zero-order valence-corrected chi connectivity index (χ0v) is 13.5. The molecule has 0 aliphatic heterocycles. The van der Waals surface area contributed by atoms with Crippen molar-refractivity contribution in [3.05, 3.63) is 35.9 Å². The number of rotatable bonds is 12. The van der Waals surface area contributed by atoms with E-state index in [2.05, 4.69) is 10.6 Å². The van der Waals surface area contributed by atoms with Crippen molar-refractivity contribution in [1.82, 2.24) is 10.6 Å². The topological polar surface area (TPSA) is 78.4 Å². The molecule has 6 heteroatoms. The molecule has 0 atom stereocenters. The number of nitrogens with one attached hydrogen (secondary N) is 2. The second kappa shape index (κ2) is 12.1. The third-order valence-corrected chi connectivity index (χ3v) is 4.03. The quantitative estimate of drug-likeness (QED) is 0.512. The molecular weight excluding hydrogens is 300 g/mol. The van der Waals surface area contributed by atoms with Gasteiger partial charge in [0, 0.05) is 25.3 Å². The number of carbonyl (C=O) groups excluding carboxylic acids is 1. The number of aliphatic carboxylic acids is 1. The van der Waals surface area contributed by atoms with Gasteiger partial charge >= 0.3 is 5.97 Å². The molecule has 0 radical (unpaired) electrons. The average Bonchev–Trinajstić information content (AvgIpc) is 2.50. The predicted molar refractivity (Wildman–Crippen MR) is 90.0 cm³/mol. The number of hydrogen-bond acceptors (Lipinski definition) is 4. The van der Waals surface area contributed by atoms with E-state index in [-0.39, 0.29) is 12.3 Å². The Kier molecular flexibility index (Phi) is 10.1. The standard InChI is InChI=1S/C16H24N2O3S/c19-15(13-17-12-14-6-2-1-3-7-14)18-9-11-22-10-5-4-8-16(20)21/h1-3,6-7,17H,4-5,8-13H2,(H,18,19)(H,20,21). The second-order valence-corrected chi connectivity index (χ2v) is 6.13. The summed E-state index contributed by atoms with van der Waals surface area (Å²) < 4.78 is 0. The zero-order chi connectivity index (χ0) is 16.0. The molecule has 0 aliphatic carbocycles. The summed E-state index contributed by atoms with van der Waals surface area (Å²) in [5.41, 5.74) is 1.16. The van der Waals surface area contributed by atoms with Crippen molar-refractivity contribution in [3.8, 4) is 0 Å². The van der Waals surface area contributed by atoms with E-state index in [1.807, 2.05) is 30.3 Å². The molecule has 0 fully saturated rings. The number of hydrogen-bond donors (Lipinski definition) is 3. The lowest BCUT2D eigenvalue weighted by Crippen LogP contribution is -2.34. The monoisotopic (exact) mass is 324 g/mol. The zero-order valence-electron chi connectivity index (χ0n) is 12.7. The molecule has 1 aromatic carbocycles. The van der Waals surface area contributed by atoms with Gasteiger partial charge in [-0.1, -0.05) is 30.3 Å². The van der Waals surface area contributed by atoms with E-state index in [0.717, 1.165) is 29.9 Å². The van der Waals surface area contributed by atoms with Crippen LogP contribution in [0.5, 0.6) is 0 Å². The summed E-state index contributed by atoms with van der Waals surface area (Å²) in [6.07, 6.45) is 1.87. The highest BCUT2D eigenvalue weighted by molar-refractivity contribution is 7.99. The van der Waals surface area contributed by atoms with Gasteiger partial charge in [-0.2, -0.15) is 11.8 Å². The van der Waals surface area contributed by atoms with Crippen LogP contribution < -0.4 is 10.6 Å². The van der Waals surface area contributed by atoms with Gasteiger partial charge in [0.1, 0.15) is 0 Å². The maximum atomic E-state index is 11.6. The summed E-state index contributed by atoms with van der Waals surface area (Å²) in [5.74, 6) is 1.06. The molecule has 0 aromatic heterocycles. The van der Waals surface area contributed by atoms with E-state index in [1.54, 1.807) is 11.8 Å². The van der Waals surface area contributed by atoms with Crippen LogP contribution in [0.15, 0.2) is 30.3 Å². The highest BCUT2D eigenvalue weighted by Crippen LogP contribution is 2.05. The first-order chi connectivity index (χ1) is 10.7. The predicted octanol–water partition coefficient (Wildman–Crippen LogP) is 1.88. The van der Waals surface area contributed by atoms with Gasteiger partial charge in [-0.3, -0.25) is 9.59 Å². The first-order valence-corrected chi connectivity index (χ1v) is 8.65. The van der Waals surface area contributed by atoms with Crippen LogP contribution in [0.4, 0.5) is 0 Å². The maximum absolute atomic E-state index is 11.6. The van der Waals surface area contributed by atoms with Gasteiger partial charge in [0.25, 0.3) is 0 Å². The van der Waals surface area contributed by atoms with Crippen molar-refractivity contribution in [2.24, 2.45) is 0 Å². The van der Waals surface area contributed by atoms with Gasteiger partial charge in [-0.15, -0.1) is 0 Å². The fourth-order valence-corrected chi connectivity index (χ4v) is 2.68. The molecule has 0 aliphatic rings. The Labute approximate surface area is 135 Å². The number of carboxylic acid groups (broad SMARTS) is 1. The molecule has 0 saturated carbocycles. The maximum Gasteiger partial charge on any atom is 0.303 e. The minimum absolute atomic E-state index is 0.00223. The SMILES string of the molecule is O=C(O)CCCCSCCNC(=O)CNCc1ccccc1. The lowest BCUT2D eigenvalue weighted by Gasteiger charge is -2.07. The molecule has 122 valence electrons. The highest BCUT2D eigenvalue weighted by Gasteiger charge is 2.00. The number of amides is 1. The number of unbranched alkanes of at least 4 members (excludes halogenated alkanes) is 1. The number of carboxylic acids is 1. The molecule has 0 spiro atoms. The largest absolute Gasteiger partial charge is 0.481 e. The van der Waals surface area contributed by atoms with Crippen LogP contribution in [-0.2, 0) is 16.1 Å². The van der Waals surface area contributed by atoms with Crippen LogP contribution in [0, 0.1) is 0 Å². The van der Waals surface area contributed by atoms with Crippen LogP contribution in [-0.4, -0.2) is 41.6 Å². The molecule has 1 aromatic rings. The fraction of sp³-hybridized carbons (Fsp3) is 0.500. The fourth-order valence-electron chi connectivity index (χ4n) is 1.82. The van der Waals surface area contributed by atoms with Gasteiger partial charge in [-0.25, -0.2) is 0 Å². The lowest BCUT2D eigenvalue weighted by atomic mass is 10.2. The van der Waals surface area contributed by atoms with Crippen LogP contribution in [0.3, 0.4) is 0 Å². The summed E-state index contributed by atoms with van der Waals surface area (Å²) >= 11 is 1.74. The molecular formula is C16H24N2O3S. The van der Waals surface area contributed by atoms with Crippen molar-refractivity contribution in [3.63, 3.8) is 0 Å². The minimum Gasteiger partial charge on any atom is -0.481 e. The Morgan fingerprint density at radius 2 is 1.86 bits per heavy atom. The Balaban J connectivity index is 1.90. The van der Waals surface area contributed by atoms with Gasteiger partial charge < -0.3 is 15.7 Å². The summed E-state index contributed by atoms with van der Waals surface area (Å²) in [4.78, 5) is 21.9. The van der Waals surface area contributed by atoms with Gasteiger partial charge in [0.15, 0.2) is 0 Å². The van der Waals surface area contributed by atoms with Gasteiger partial charge in [-0.05, 0) is 24.2 Å². The van der Waals surface area contributed by atoms with Crippen LogP contribution in [0.25, 0.3) is 0 Å². The minimum atomic E-state index is -0.736. The highest BCUT2D eigenvalue weighted by atomic mass is 32.2. The van der Waals surface area contributed by atoms with E-state index in [4.69, 9.17) is 5.11 Å². The first kappa shape index (κ1) is 18.5. The van der Waals surface area contributed by atoms with E-state index < -0.39 is 5.97 Å². The Bertz CT molecular complexity index is 440. The Morgan fingerprint density at radius 3 is 2.59 bits per heavy atom. The third kappa shape index (κ3) is 10.2. The Hall–Kier alpha value is -1.53. The van der Waals surface area contributed by atoms with E-state index in [1.165, 1.54) is 0 Å². The van der Waals surface area contributed by atoms with Gasteiger partial charge in [0.2, 0.25) is 5.91 Å².